The van der Waals surface area contributed by atoms with E-state index in [-0.39, 0.29) is 17.0 Å². The standard InChI is InChI=1S/C17H21N3O3/c1-18-11-12-6-8-20(9-7-12)17(22)13-4-5-14(19-16(13)21)15-3-2-10-23-15/h2-5,10,12,18H,6-9,11H2,1H3,(H,19,21). The van der Waals surface area contributed by atoms with Crippen molar-refractivity contribution in [3.63, 3.8) is 0 Å². The highest BCUT2D eigenvalue weighted by Gasteiger charge is 2.24. The van der Waals surface area contributed by atoms with Gasteiger partial charge in [-0.3, -0.25) is 9.59 Å². The number of likely N-dealkylation sites (tertiary alicyclic amines) is 1. The van der Waals surface area contributed by atoms with E-state index in [1.165, 1.54) is 0 Å². The molecule has 0 unspecified atom stereocenters. The molecule has 1 saturated heterocycles. The zero-order valence-electron chi connectivity index (χ0n) is 13.2. The number of hydrogen-bond acceptors (Lipinski definition) is 4. The van der Waals surface area contributed by atoms with Crippen LogP contribution in [0.1, 0.15) is 23.2 Å². The summed E-state index contributed by atoms with van der Waals surface area (Å²) >= 11 is 0. The summed E-state index contributed by atoms with van der Waals surface area (Å²) in [5.74, 6) is 0.984. The Morgan fingerprint density at radius 2 is 2.13 bits per heavy atom. The molecule has 3 rings (SSSR count). The lowest BCUT2D eigenvalue weighted by molar-refractivity contribution is 0.0689. The number of nitrogens with one attached hydrogen (secondary N) is 2. The van der Waals surface area contributed by atoms with Gasteiger partial charge in [-0.2, -0.15) is 0 Å². The van der Waals surface area contributed by atoms with Crippen LogP contribution in [-0.4, -0.2) is 42.5 Å². The summed E-state index contributed by atoms with van der Waals surface area (Å²) in [7, 11) is 1.94. The zero-order chi connectivity index (χ0) is 16.2. The maximum atomic E-state index is 12.5. The summed E-state index contributed by atoms with van der Waals surface area (Å²) in [5, 5.41) is 3.17. The maximum absolute atomic E-state index is 12.5. The number of hydrogen-bond donors (Lipinski definition) is 2. The minimum atomic E-state index is -0.374. The minimum Gasteiger partial charge on any atom is -0.463 e. The number of amides is 1. The van der Waals surface area contributed by atoms with Crippen molar-refractivity contribution in [2.45, 2.75) is 12.8 Å². The zero-order valence-corrected chi connectivity index (χ0v) is 13.2. The van der Waals surface area contributed by atoms with Gasteiger partial charge in [-0.05, 0) is 56.6 Å². The molecule has 6 nitrogen and oxygen atoms in total. The molecular weight excluding hydrogens is 294 g/mol. The Kier molecular flexibility index (Phi) is 4.62. The van der Waals surface area contributed by atoms with Crippen molar-refractivity contribution >= 4 is 5.91 Å². The van der Waals surface area contributed by atoms with Crippen molar-refractivity contribution < 1.29 is 9.21 Å². The summed E-state index contributed by atoms with van der Waals surface area (Å²) in [6.45, 7) is 2.37. The van der Waals surface area contributed by atoms with Gasteiger partial charge in [0.25, 0.3) is 11.5 Å². The number of furan rings is 1. The van der Waals surface area contributed by atoms with E-state index in [0.29, 0.717) is 30.5 Å². The highest BCUT2D eigenvalue weighted by molar-refractivity contribution is 5.94. The third kappa shape index (κ3) is 3.37. The molecule has 6 heteroatoms. The molecule has 0 radical (unpaired) electrons. The van der Waals surface area contributed by atoms with Crippen LogP contribution in [0.15, 0.2) is 39.7 Å². The predicted molar refractivity (Wildman–Crippen MR) is 87.3 cm³/mol. The van der Waals surface area contributed by atoms with Crippen LogP contribution in [0, 0.1) is 5.92 Å². The molecule has 23 heavy (non-hydrogen) atoms. The van der Waals surface area contributed by atoms with Crippen molar-refractivity contribution in [2.75, 3.05) is 26.7 Å². The summed E-state index contributed by atoms with van der Waals surface area (Å²) in [4.78, 5) is 29.3. The average molecular weight is 315 g/mol. The van der Waals surface area contributed by atoms with Crippen molar-refractivity contribution in [1.29, 1.82) is 0 Å². The van der Waals surface area contributed by atoms with E-state index in [1.807, 2.05) is 7.05 Å². The third-order valence-corrected chi connectivity index (χ3v) is 4.32. The molecule has 2 aromatic heterocycles. The molecule has 2 aromatic rings. The number of aromatic nitrogens is 1. The molecule has 1 fully saturated rings. The van der Waals surface area contributed by atoms with Crippen LogP contribution in [0.25, 0.3) is 11.5 Å². The Labute approximate surface area is 134 Å². The van der Waals surface area contributed by atoms with Crippen LogP contribution in [-0.2, 0) is 0 Å². The molecule has 0 bridgehead atoms. The van der Waals surface area contributed by atoms with Crippen molar-refractivity contribution in [2.24, 2.45) is 5.92 Å². The first-order valence-electron chi connectivity index (χ1n) is 7.90. The van der Waals surface area contributed by atoms with Gasteiger partial charge < -0.3 is 19.6 Å². The van der Waals surface area contributed by atoms with E-state index in [1.54, 1.807) is 35.4 Å². The first kappa shape index (κ1) is 15.6. The molecule has 0 saturated carbocycles. The van der Waals surface area contributed by atoms with Crippen LogP contribution in [0.4, 0.5) is 0 Å². The lowest BCUT2D eigenvalue weighted by atomic mass is 9.96. The molecule has 1 aliphatic rings. The van der Waals surface area contributed by atoms with Crippen molar-refractivity contribution in [3.8, 4) is 11.5 Å². The van der Waals surface area contributed by atoms with Gasteiger partial charge in [-0.1, -0.05) is 0 Å². The van der Waals surface area contributed by atoms with Gasteiger partial charge in [-0.15, -0.1) is 0 Å². The fraction of sp³-hybridized carbons (Fsp3) is 0.412. The Bertz CT molecular complexity index is 713. The van der Waals surface area contributed by atoms with Gasteiger partial charge in [-0.25, -0.2) is 0 Å². The average Bonchev–Trinajstić information content (AvgIpc) is 3.10. The van der Waals surface area contributed by atoms with E-state index in [4.69, 9.17) is 4.42 Å². The first-order valence-corrected chi connectivity index (χ1v) is 7.90. The summed E-state index contributed by atoms with van der Waals surface area (Å²) in [6, 6.07) is 6.81. The summed E-state index contributed by atoms with van der Waals surface area (Å²) in [5.41, 5.74) is 0.387. The van der Waals surface area contributed by atoms with Crippen LogP contribution >= 0.6 is 0 Å². The van der Waals surface area contributed by atoms with Gasteiger partial charge in [0, 0.05) is 13.1 Å². The molecule has 0 aliphatic carbocycles. The van der Waals surface area contributed by atoms with E-state index in [0.717, 1.165) is 19.4 Å². The van der Waals surface area contributed by atoms with Crippen molar-refractivity contribution in [1.82, 2.24) is 15.2 Å². The van der Waals surface area contributed by atoms with Crippen LogP contribution < -0.4 is 10.9 Å². The van der Waals surface area contributed by atoms with Gasteiger partial charge in [0.05, 0.1) is 12.0 Å². The summed E-state index contributed by atoms with van der Waals surface area (Å²) < 4.78 is 5.25. The fourth-order valence-electron chi connectivity index (χ4n) is 3.02. The fourth-order valence-corrected chi connectivity index (χ4v) is 3.02. The van der Waals surface area contributed by atoms with Gasteiger partial charge >= 0.3 is 0 Å². The number of H-pyrrole nitrogens is 1. The highest BCUT2D eigenvalue weighted by Crippen LogP contribution is 2.19. The largest absolute Gasteiger partial charge is 0.463 e. The van der Waals surface area contributed by atoms with E-state index < -0.39 is 0 Å². The Morgan fingerprint density at radius 1 is 1.35 bits per heavy atom. The van der Waals surface area contributed by atoms with Crippen LogP contribution in [0.3, 0.4) is 0 Å². The normalized spacial score (nSPS) is 15.8. The Hall–Kier alpha value is -2.34. The quantitative estimate of drug-likeness (QED) is 0.900. The Morgan fingerprint density at radius 3 is 2.74 bits per heavy atom. The number of carbonyl (C=O) groups excluding carboxylic acids is 1. The van der Waals surface area contributed by atoms with E-state index >= 15 is 0 Å². The number of carbonyl (C=O) groups is 1. The van der Waals surface area contributed by atoms with Crippen LogP contribution in [0.2, 0.25) is 0 Å². The number of rotatable bonds is 4. The molecule has 0 aromatic carbocycles. The third-order valence-electron chi connectivity index (χ3n) is 4.32. The molecule has 122 valence electrons. The molecule has 1 amide bonds. The lowest BCUT2D eigenvalue weighted by Gasteiger charge is -2.31. The number of piperidine rings is 1. The lowest BCUT2D eigenvalue weighted by Crippen LogP contribution is -2.42. The topological polar surface area (TPSA) is 78.3 Å². The SMILES string of the molecule is CNCC1CCN(C(=O)c2ccc(-c3ccco3)[nH]c2=O)CC1. The molecule has 0 spiro atoms. The Balaban J connectivity index is 1.72. The highest BCUT2D eigenvalue weighted by atomic mass is 16.3. The van der Waals surface area contributed by atoms with Gasteiger partial charge in [0.1, 0.15) is 11.3 Å². The predicted octanol–water partition coefficient (Wildman–Crippen LogP) is 1.71. The summed E-state index contributed by atoms with van der Waals surface area (Å²) in [6.07, 6.45) is 3.48. The molecule has 0 atom stereocenters. The second kappa shape index (κ2) is 6.83. The minimum absolute atomic E-state index is 0.187. The molecular formula is C17H21N3O3. The number of nitrogens with zero attached hydrogens (tertiary/aromatic N) is 1. The smallest absolute Gasteiger partial charge is 0.261 e. The monoisotopic (exact) mass is 315 g/mol. The first-order chi connectivity index (χ1) is 11.2. The molecule has 3 heterocycles. The van der Waals surface area contributed by atoms with Gasteiger partial charge in [0.15, 0.2) is 0 Å². The second-order valence-corrected chi connectivity index (χ2v) is 5.89. The second-order valence-electron chi connectivity index (χ2n) is 5.89. The molecule has 1 aliphatic heterocycles. The number of pyridine rings is 1. The van der Waals surface area contributed by atoms with Crippen LogP contribution in [0.5, 0.6) is 0 Å². The number of aromatic amines is 1. The van der Waals surface area contributed by atoms with Gasteiger partial charge in [0.2, 0.25) is 0 Å². The molecule has 2 N–H and O–H groups in total. The van der Waals surface area contributed by atoms with Crippen molar-refractivity contribution in [3.05, 3.63) is 46.4 Å². The van der Waals surface area contributed by atoms with E-state index in [2.05, 4.69) is 10.3 Å². The van der Waals surface area contributed by atoms with E-state index in [9.17, 15) is 9.59 Å². The maximum Gasteiger partial charge on any atom is 0.261 e.